The monoisotopic (exact) mass is 630 g/mol. The number of benzene rings is 1. The molecule has 0 saturated heterocycles. The molecule has 3 aromatic rings. The van der Waals surface area contributed by atoms with E-state index in [1.54, 1.807) is 32.5 Å². The number of aldehydes is 1. The van der Waals surface area contributed by atoms with Gasteiger partial charge in [-0.3, -0.25) is 9.59 Å². The molecule has 2 atom stereocenters. The molecule has 216 valence electrons. The maximum absolute atomic E-state index is 12.9. The number of rotatable bonds is 8. The highest BCUT2D eigenvalue weighted by molar-refractivity contribution is 9.10. The fourth-order valence-corrected chi connectivity index (χ4v) is 4.32. The number of halogens is 1. The van der Waals surface area contributed by atoms with E-state index in [1.807, 2.05) is 51.1 Å². The Balaban J connectivity index is 0.000000840. The van der Waals surface area contributed by atoms with Gasteiger partial charge in [-0.1, -0.05) is 45.0 Å². The Bertz CT molecular complexity index is 1260. The van der Waals surface area contributed by atoms with E-state index in [4.69, 9.17) is 4.74 Å². The normalized spacial score (nSPS) is 12.9. The summed E-state index contributed by atoms with van der Waals surface area (Å²) in [6.07, 6.45) is 4.27. The van der Waals surface area contributed by atoms with Crippen molar-refractivity contribution in [3.8, 4) is 11.4 Å². The van der Waals surface area contributed by atoms with Gasteiger partial charge in [0.1, 0.15) is 12.3 Å². The summed E-state index contributed by atoms with van der Waals surface area (Å²) in [6.45, 7) is 13.9. The molecule has 1 unspecified atom stereocenters. The van der Waals surface area contributed by atoms with Crippen molar-refractivity contribution in [3.05, 3.63) is 68.6 Å². The van der Waals surface area contributed by atoms with E-state index in [9.17, 15) is 14.4 Å². The molecule has 2 heterocycles. The molecule has 0 saturated carbocycles. The minimum absolute atomic E-state index is 0.0417. The number of nitrogens with zero attached hydrogens (tertiary/aromatic N) is 2. The molecule has 0 aliphatic carbocycles. The van der Waals surface area contributed by atoms with E-state index in [0.29, 0.717) is 17.0 Å². The predicted molar refractivity (Wildman–Crippen MR) is 164 cm³/mol. The summed E-state index contributed by atoms with van der Waals surface area (Å²) in [5.74, 6) is -0.148. The number of thiophene rings is 1. The van der Waals surface area contributed by atoms with Gasteiger partial charge in [-0.25, -0.2) is 9.97 Å². The molecule has 0 radical (unpaired) electrons. The first-order valence-electron chi connectivity index (χ1n) is 12.9. The molecular formula is C30H39BrN4O4S. The van der Waals surface area contributed by atoms with Crippen molar-refractivity contribution in [2.75, 3.05) is 7.11 Å². The van der Waals surface area contributed by atoms with Crippen LogP contribution in [0.15, 0.2) is 53.3 Å². The minimum atomic E-state index is -0.843. The lowest BCUT2D eigenvalue weighted by atomic mass is 9.95. The van der Waals surface area contributed by atoms with Crippen LogP contribution in [0.4, 0.5) is 0 Å². The van der Waals surface area contributed by atoms with Crippen molar-refractivity contribution >= 4 is 45.4 Å². The summed E-state index contributed by atoms with van der Waals surface area (Å²) in [5, 5.41) is 5.48. The highest BCUT2D eigenvalue weighted by atomic mass is 79.9. The molecule has 0 spiro atoms. The first-order chi connectivity index (χ1) is 18.6. The highest BCUT2D eigenvalue weighted by Crippen LogP contribution is 2.29. The lowest BCUT2D eigenvalue weighted by molar-refractivity contribution is -0.125. The summed E-state index contributed by atoms with van der Waals surface area (Å²) >= 11 is 4.73. The van der Waals surface area contributed by atoms with Crippen LogP contribution in [-0.2, 0) is 26.2 Å². The summed E-state index contributed by atoms with van der Waals surface area (Å²) in [7, 11) is 1.71. The zero-order valence-corrected chi connectivity index (χ0v) is 26.8. The number of amides is 2. The Labute approximate surface area is 249 Å². The van der Waals surface area contributed by atoms with Crippen LogP contribution in [0.25, 0.3) is 11.4 Å². The first kappa shape index (κ1) is 33.3. The molecule has 0 fully saturated rings. The number of carbonyl (C=O) groups is 3. The minimum Gasteiger partial charge on any atom is -0.379 e. The standard InChI is InChI=1S/C25H27BrN4O3S.C5H12O/c1-15(14-31)29-23(32)19(30-24(33)20-9-10-21(34-20)25(2,3)4)11-16-5-7-17(8-6-16)22-27-12-18(26)13-28-22;1-5(2,3)6-4/h5-10,12-15,19H,11H2,1-4H3,(H,29,32)(H,30,33);1-4H3/t15-,19?;/m1./s1. The predicted octanol–water partition coefficient (Wildman–Crippen LogP) is 5.74. The van der Waals surface area contributed by atoms with Gasteiger partial charge < -0.3 is 20.2 Å². The summed E-state index contributed by atoms with van der Waals surface area (Å²) in [6, 6.07) is 9.71. The van der Waals surface area contributed by atoms with Crippen molar-refractivity contribution in [2.24, 2.45) is 0 Å². The summed E-state index contributed by atoms with van der Waals surface area (Å²) in [4.78, 5) is 47.0. The maximum Gasteiger partial charge on any atom is 0.262 e. The zero-order valence-electron chi connectivity index (χ0n) is 24.4. The third kappa shape index (κ3) is 10.9. The van der Waals surface area contributed by atoms with Crippen LogP contribution < -0.4 is 10.6 Å². The molecule has 2 N–H and O–H groups in total. The molecule has 0 bridgehead atoms. The Morgan fingerprint density at radius 2 is 1.57 bits per heavy atom. The van der Waals surface area contributed by atoms with Gasteiger partial charge in [-0.05, 0) is 66.7 Å². The quantitative estimate of drug-likeness (QED) is 0.307. The van der Waals surface area contributed by atoms with Crippen molar-refractivity contribution in [2.45, 2.75) is 78.0 Å². The first-order valence-corrected chi connectivity index (χ1v) is 14.5. The molecule has 2 amide bonds. The lowest BCUT2D eigenvalue weighted by Gasteiger charge is -2.20. The number of aromatic nitrogens is 2. The van der Waals surface area contributed by atoms with Gasteiger partial charge in [0.2, 0.25) is 5.91 Å². The maximum atomic E-state index is 12.9. The van der Waals surface area contributed by atoms with E-state index in [0.717, 1.165) is 20.5 Å². The van der Waals surface area contributed by atoms with Gasteiger partial charge in [0.15, 0.2) is 5.82 Å². The van der Waals surface area contributed by atoms with Gasteiger partial charge in [0, 0.05) is 36.4 Å². The molecule has 0 aliphatic heterocycles. The molecule has 8 nitrogen and oxygen atoms in total. The van der Waals surface area contributed by atoms with Crippen LogP contribution in [0, 0.1) is 0 Å². The third-order valence-corrected chi connectivity index (χ3v) is 7.57. The molecular weight excluding hydrogens is 592 g/mol. The van der Waals surface area contributed by atoms with Crippen molar-refractivity contribution in [1.29, 1.82) is 0 Å². The molecule has 3 rings (SSSR count). The molecule has 0 aliphatic rings. The fraction of sp³-hybridized carbons (Fsp3) is 0.433. The van der Waals surface area contributed by atoms with Crippen LogP contribution in [0.5, 0.6) is 0 Å². The van der Waals surface area contributed by atoms with Gasteiger partial charge >= 0.3 is 0 Å². The average molecular weight is 632 g/mol. The number of ether oxygens (including phenoxy) is 1. The van der Waals surface area contributed by atoms with Crippen LogP contribution in [0.1, 0.15) is 68.6 Å². The smallest absolute Gasteiger partial charge is 0.262 e. The fourth-order valence-electron chi connectivity index (χ4n) is 3.15. The second-order valence-corrected chi connectivity index (χ2v) is 13.3. The van der Waals surface area contributed by atoms with Crippen LogP contribution in [-0.4, -0.2) is 52.9 Å². The molecule has 2 aromatic heterocycles. The number of methoxy groups -OCH3 is 1. The number of hydrogen-bond donors (Lipinski definition) is 2. The Morgan fingerprint density at radius 3 is 2.05 bits per heavy atom. The van der Waals surface area contributed by atoms with Crippen molar-refractivity contribution in [1.82, 2.24) is 20.6 Å². The van der Waals surface area contributed by atoms with Crippen molar-refractivity contribution in [3.63, 3.8) is 0 Å². The van der Waals surface area contributed by atoms with E-state index in [2.05, 4.69) is 57.3 Å². The molecule has 40 heavy (non-hydrogen) atoms. The molecule has 1 aromatic carbocycles. The highest BCUT2D eigenvalue weighted by Gasteiger charge is 2.25. The Morgan fingerprint density at radius 1 is 1.00 bits per heavy atom. The lowest BCUT2D eigenvalue weighted by Crippen LogP contribution is -2.50. The second-order valence-electron chi connectivity index (χ2n) is 11.3. The SMILES string of the molecule is COC(C)(C)C.C[C@H](C=O)NC(=O)C(Cc1ccc(-c2ncc(Br)cn2)cc1)NC(=O)c1ccc(C(C)(C)C)s1. The van der Waals surface area contributed by atoms with Gasteiger partial charge in [0.25, 0.3) is 5.91 Å². The Hall–Kier alpha value is -2.95. The van der Waals surface area contributed by atoms with Crippen LogP contribution >= 0.6 is 27.3 Å². The largest absolute Gasteiger partial charge is 0.379 e. The molecule has 10 heteroatoms. The zero-order chi connectivity index (χ0) is 30.1. The van der Waals surface area contributed by atoms with Crippen LogP contribution in [0.3, 0.4) is 0 Å². The average Bonchev–Trinajstić information content (AvgIpc) is 3.40. The van der Waals surface area contributed by atoms with E-state index < -0.39 is 18.0 Å². The summed E-state index contributed by atoms with van der Waals surface area (Å²) in [5.41, 5.74) is 1.66. The van der Waals surface area contributed by atoms with Gasteiger partial charge in [-0.15, -0.1) is 11.3 Å². The van der Waals surface area contributed by atoms with Crippen molar-refractivity contribution < 1.29 is 19.1 Å². The second kappa shape index (κ2) is 14.6. The van der Waals surface area contributed by atoms with Crippen LogP contribution in [0.2, 0.25) is 0 Å². The van der Waals surface area contributed by atoms with E-state index >= 15 is 0 Å². The Kier molecular flexibility index (Phi) is 12.2. The third-order valence-electron chi connectivity index (χ3n) is 5.65. The van der Waals surface area contributed by atoms with Gasteiger partial charge in [0.05, 0.1) is 21.0 Å². The van der Waals surface area contributed by atoms with E-state index in [1.165, 1.54) is 11.3 Å². The number of nitrogens with one attached hydrogen (secondary N) is 2. The topological polar surface area (TPSA) is 110 Å². The van der Waals surface area contributed by atoms with Gasteiger partial charge in [-0.2, -0.15) is 0 Å². The van der Waals surface area contributed by atoms with E-state index in [-0.39, 0.29) is 23.3 Å². The number of carbonyl (C=O) groups excluding carboxylic acids is 3. The number of hydrogen-bond acceptors (Lipinski definition) is 7. The summed E-state index contributed by atoms with van der Waals surface area (Å²) < 4.78 is 5.73.